The summed E-state index contributed by atoms with van der Waals surface area (Å²) in [6, 6.07) is 12.3. The highest BCUT2D eigenvalue weighted by atomic mass is 16.3. The van der Waals surface area contributed by atoms with Crippen LogP contribution in [0.4, 0.5) is 5.69 Å². The van der Waals surface area contributed by atoms with E-state index in [0.29, 0.717) is 18.4 Å². The fraction of sp³-hybridized carbons (Fsp3) is 0.476. The van der Waals surface area contributed by atoms with Crippen LogP contribution in [-0.2, 0) is 11.3 Å². The summed E-state index contributed by atoms with van der Waals surface area (Å²) in [4.78, 5) is 16.1. The number of benzene rings is 1. The first-order chi connectivity index (χ1) is 11.9. The molecule has 0 saturated carbocycles. The van der Waals surface area contributed by atoms with Gasteiger partial charge in [-0.05, 0) is 42.2 Å². The summed E-state index contributed by atoms with van der Waals surface area (Å²) >= 11 is 0. The molecule has 0 N–H and O–H groups in total. The van der Waals surface area contributed by atoms with Crippen LogP contribution in [0.1, 0.15) is 44.4 Å². The fourth-order valence-electron chi connectivity index (χ4n) is 3.07. The molecule has 0 spiro atoms. The second kappa shape index (κ2) is 8.75. The first-order valence-corrected chi connectivity index (χ1v) is 8.93. The number of hydrogen-bond acceptors (Lipinski definition) is 3. The molecule has 1 aromatic heterocycles. The van der Waals surface area contributed by atoms with Crippen molar-refractivity contribution in [2.75, 3.05) is 25.5 Å². The zero-order chi connectivity index (χ0) is 18.4. The van der Waals surface area contributed by atoms with Crippen LogP contribution < -0.4 is 4.90 Å². The Balaban J connectivity index is 2.01. The predicted molar refractivity (Wildman–Crippen MR) is 103 cm³/mol. The Labute approximate surface area is 151 Å². The summed E-state index contributed by atoms with van der Waals surface area (Å²) in [6.07, 6.45) is 2.63. The average molecular weight is 342 g/mol. The molecule has 0 fully saturated rings. The molecule has 4 heteroatoms. The maximum Gasteiger partial charge on any atom is 0.219 e. The van der Waals surface area contributed by atoms with Crippen LogP contribution in [0.25, 0.3) is 0 Å². The van der Waals surface area contributed by atoms with Crippen molar-refractivity contribution < 1.29 is 9.21 Å². The Kier molecular flexibility index (Phi) is 6.68. The van der Waals surface area contributed by atoms with E-state index in [1.54, 1.807) is 13.2 Å². The van der Waals surface area contributed by atoms with Crippen LogP contribution in [-0.4, -0.2) is 31.4 Å². The fourth-order valence-corrected chi connectivity index (χ4v) is 3.07. The summed E-state index contributed by atoms with van der Waals surface area (Å²) in [5.41, 5.74) is 2.32. The Bertz CT molecular complexity index is 645. The van der Waals surface area contributed by atoms with Gasteiger partial charge in [-0.1, -0.05) is 26.0 Å². The van der Waals surface area contributed by atoms with Crippen molar-refractivity contribution in [3.8, 4) is 0 Å². The van der Waals surface area contributed by atoms with E-state index in [2.05, 4.69) is 43.0 Å². The van der Waals surface area contributed by atoms with E-state index in [1.807, 2.05) is 31.1 Å². The van der Waals surface area contributed by atoms with Gasteiger partial charge in [0.15, 0.2) is 0 Å². The quantitative estimate of drug-likeness (QED) is 0.707. The molecule has 0 saturated heterocycles. The van der Waals surface area contributed by atoms with Crippen molar-refractivity contribution in [2.45, 2.75) is 39.7 Å². The minimum Gasteiger partial charge on any atom is -0.469 e. The number of rotatable bonds is 8. The van der Waals surface area contributed by atoms with E-state index in [0.717, 1.165) is 30.0 Å². The summed E-state index contributed by atoms with van der Waals surface area (Å²) in [5.74, 6) is 1.92. The molecule has 0 bridgehead atoms. The van der Waals surface area contributed by atoms with E-state index >= 15 is 0 Å². The molecule has 136 valence electrons. The first kappa shape index (κ1) is 19.1. The monoisotopic (exact) mass is 342 g/mol. The normalized spacial score (nSPS) is 12.2. The Morgan fingerprint density at radius 3 is 2.28 bits per heavy atom. The van der Waals surface area contributed by atoms with E-state index in [4.69, 9.17) is 4.42 Å². The van der Waals surface area contributed by atoms with Crippen molar-refractivity contribution in [2.24, 2.45) is 5.92 Å². The molecule has 2 rings (SSSR count). The standard InChI is InChI=1S/C21H30N2O2/c1-16(2)20(21-7-6-14-25-21)12-13-23(17(3)24)15-18-8-10-19(11-9-18)22(4)5/h6-11,14,16,20H,12-13,15H2,1-5H3/t20-/m0/s1. The van der Waals surface area contributed by atoms with Gasteiger partial charge in [-0.3, -0.25) is 4.79 Å². The van der Waals surface area contributed by atoms with Gasteiger partial charge in [0.2, 0.25) is 5.91 Å². The van der Waals surface area contributed by atoms with Gasteiger partial charge in [0.1, 0.15) is 5.76 Å². The second-order valence-electron chi connectivity index (χ2n) is 7.16. The lowest BCUT2D eigenvalue weighted by atomic mass is 9.90. The predicted octanol–water partition coefficient (Wildman–Crippen LogP) is 4.52. The lowest BCUT2D eigenvalue weighted by molar-refractivity contribution is -0.129. The lowest BCUT2D eigenvalue weighted by Gasteiger charge is -2.25. The third kappa shape index (κ3) is 5.38. The lowest BCUT2D eigenvalue weighted by Crippen LogP contribution is -2.30. The van der Waals surface area contributed by atoms with Crippen LogP contribution in [0.5, 0.6) is 0 Å². The smallest absolute Gasteiger partial charge is 0.219 e. The molecular formula is C21H30N2O2. The van der Waals surface area contributed by atoms with Crippen LogP contribution in [0.15, 0.2) is 47.1 Å². The number of carbonyl (C=O) groups is 1. The number of furan rings is 1. The number of carbonyl (C=O) groups excluding carboxylic acids is 1. The van der Waals surface area contributed by atoms with E-state index in [-0.39, 0.29) is 5.91 Å². The molecule has 0 aliphatic heterocycles. The number of nitrogens with zero attached hydrogens (tertiary/aromatic N) is 2. The minimum atomic E-state index is 0.110. The molecule has 2 aromatic rings. The van der Waals surface area contributed by atoms with Gasteiger partial charge in [0.05, 0.1) is 6.26 Å². The Morgan fingerprint density at radius 1 is 1.12 bits per heavy atom. The summed E-state index contributed by atoms with van der Waals surface area (Å²) < 4.78 is 5.60. The van der Waals surface area contributed by atoms with Crippen molar-refractivity contribution in [3.63, 3.8) is 0 Å². The highest BCUT2D eigenvalue weighted by molar-refractivity contribution is 5.73. The van der Waals surface area contributed by atoms with Gasteiger partial charge in [0, 0.05) is 45.7 Å². The van der Waals surface area contributed by atoms with E-state index in [1.165, 1.54) is 0 Å². The van der Waals surface area contributed by atoms with Gasteiger partial charge >= 0.3 is 0 Å². The number of amides is 1. The maximum atomic E-state index is 12.1. The molecule has 25 heavy (non-hydrogen) atoms. The van der Waals surface area contributed by atoms with Crippen molar-refractivity contribution in [3.05, 3.63) is 54.0 Å². The van der Waals surface area contributed by atoms with Gasteiger partial charge < -0.3 is 14.2 Å². The maximum absolute atomic E-state index is 12.1. The molecule has 1 amide bonds. The molecule has 0 aliphatic carbocycles. The topological polar surface area (TPSA) is 36.7 Å². The highest BCUT2D eigenvalue weighted by Gasteiger charge is 2.20. The van der Waals surface area contributed by atoms with Crippen molar-refractivity contribution in [1.82, 2.24) is 4.90 Å². The van der Waals surface area contributed by atoms with Crippen LogP contribution in [0.3, 0.4) is 0 Å². The number of hydrogen-bond donors (Lipinski definition) is 0. The molecule has 0 aliphatic rings. The molecule has 0 unspecified atom stereocenters. The van der Waals surface area contributed by atoms with E-state index in [9.17, 15) is 4.79 Å². The molecule has 1 heterocycles. The SMILES string of the molecule is CC(=O)N(CC[C@H](c1ccco1)C(C)C)Cc1ccc(N(C)C)cc1. The largest absolute Gasteiger partial charge is 0.469 e. The Morgan fingerprint density at radius 2 is 1.80 bits per heavy atom. The Hall–Kier alpha value is -2.23. The first-order valence-electron chi connectivity index (χ1n) is 8.93. The zero-order valence-electron chi connectivity index (χ0n) is 16.0. The highest BCUT2D eigenvalue weighted by Crippen LogP contribution is 2.28. The van der Waals surface area contributed by atoms with Gasteiger partial charge in [-0.2, -0.15) is 0 Å². The van der Waals surface area contributed by atoms with E-state index < -0.39 is 0 Å². The molecular weight excluding hydrogens is 312 g/mol. The van der Waals surface area contributed by atoms with Crippen molar-refractivity contribution in [1.29, 1.82) is 0 Å². The third-order valence-electron chi connectivity index (χ3n) is 4.69. The van der Waals surface area contributed by atoms with Gasteiger partial charge in [-0.15, -0.1) is 0 Å². The average Bonchev–Trinajstić information content (AvgIpc) is 3.08. The van der Waals surface area contributed by atoms with Crippen LogP contribution >= 0.6 is 0 Å². The van der Waals surface area contributed by atoms with Gasteiger partial charge in [-0.25, -0.2) is 0 Å². The van der Waals surface area contributed by atoms with Crippen LogP contribution in [0.2, 0.25) is 0 Å². The molecule has 1 atom stereocenters. The summed E-state index contributed by atoms with van der Waals surface area (Å²) in [6.45, 7) is 7.42. The molecule has 4 nitrogen and oxygen atoms in total. The van der Waals surface area contributed by atoms with Crippen LogP contribution in [0, 0.1) is 5.92 Å². The number of anilines is 1. The summed E-state index contributed by atoms with van der Waals surface area (Å²) in [7, 11) is 4.05. The molecule has 0 radical (unpaired) electrons. The zero-order valence-corrected chi connectivity index (χ0v) is 16.0. The summed E-state index contributed by atoms with van der Waals surface area (Å²) in [5, 5.41) is 0. The minimum absolute atomic E-state index is 0.110. The molecule has 1 aromatic carbocycles. The second-order valence-corrected chi connectivity index (χ2v) is 7.16. The van der Waals surface area contributed by atoms with Gasteiger partial charge in [0.25, 0.3) is 0 Å². The third-order valence-corrected chi connectivity index (χ3v) is 4.69. The van der Waals surface area contributed by atoms with Crippen molar-refractivity contribution >= 4 is 11.6 Å².